The maximum absolute atomic E-state index is 12.8. The minimum Gasteiger partial charge on any atom is -0.493 e. The van der Waals surface area contributed by atoms with E-state index in [1.54, 1.807) is 48.7 Å². The Morgan fingerprint density at radius 2 is 1.73 bits per heavy atom. The van der Waals surface area contributed by atoms with E-state index in [0.717, 1.165) is 0 Å². The number of aromatic nitrogens is 2. The molecule has 4 aromatic rings. The SMILES string of the molecule is COc1cc(NC(=O)c2cccc(-c3nc4ncccc4o3)c2)cc(OC)c1OC. The molecule has 0 aliphatic carbocycles. The van der Waals surface area contributed by atoms with Gasteiger partial charge < -0.3 is 23.9 Å². The Morgan fingerprint density at radius 3 is 2.40 bits per heavy atom. The van der Waals surface area contributed by atoms with Crippen molar-refractivity contribution in [1.82, 2.24) is 9.97 Å². The van der Waals surface area contributed by atoms with Crippen molar-refractivity contribution in [2.45, 2.75) is 0 Å². The van der Waals surface area contributed by atoms with Crippen LogP contribution in [0.2, 0.25) is 0 Å². The average Bonchev–Trinajstić information content (AvgIpc) is 3.22. The number of carbonyl (C=O) groups is 1. The van der Waals surface area contributed by atoms with E-state index in [1.165, 1.54) is 21.3 Å². The molecule has 1 N–H and O–H groups in total. The fourth-order valence-electron chi connectivity index (χ4n) is 3.04. The number of amides is 1. The lowest BCUT2D eigenvalue weighted by atomic mass is 10.1. The Bertz CT molecular complexity index is 1160. The van der Waals surface area contributed by atoms with E-state index in [1.807, 2.05) is 6.07 Å². The van der Waals surface area contributed by atoms with Gasteiger partial charge in [0.15, 0.2) is 22.7 Å². The van der Waals surface area contributed by atoms with Crippen LogP contribution in [0, 0.1) is 0 Å². The number of anilines is 1. The summed E-state index contributed by atoms with van der Waals surface area (Å²) in [6.07, 6.45) is 1.65. The molecule has 0 atom stereocenters. The van der Waals surface area contributed by atoms with Crippen molar-refractivity contribution < 1.29 is 23.4 Å². The van der Waals surface area contributed by atoms with E-state index < -0.39 is 0 Å². The zero-order valence-electron chi connectivity index (χ0n) is 16.6. The molecule has 4 rings (SSSR count). The van der Waals surface area contributed by atoms with Crippen LogP contribution in [-0.2, 0) is 0 Å². The molecule has 2 aromatic carbocycles. The number of nitrogens with one attached hydrogen (secondary N) is 1. The van der Waals surface area contributed by atoms with Crippen molar-refractivity contribution in [2.75, 3.05) is 26.6 Å². The second-order valence-electron chi connectivity index (χ2n) is 6.29. The van der Waals surface area contributed by atoms with Gasteiger partial charge in [-0.05, 0) is 30.3 Å². The van der Waals surface area contributed by atoms with Gasteiger partial charge >= 0.3 is 0 Å². The van der Waals surface area contributed by atoms with Crippen molar-refractivity contribution in [1.29, 1.82) is 0 Å². The molecular weight excluding hydrogens is 386 g/mol. The molecule has 0 saturated heterocycles. The fourth-order valence-corrected chi connectivity index (χ4v) is 3.04. The van der Waals surface area contributed by atoms with Crippen molar-refractivity contribution in [2.24, 2.45) is 0 Å². The van der Waals surface area contributed by atoms with E-state index in [4.69, 9.17) is 18.6 Å². The predicted octanol–water partition coefficient (Wildman–Crippen LogP) is 4.17. The first-order chi connectivity index (χ1) is 14.6. The highest BCUT2D eigenvalue weighted by Gasteiger charge is 2.16. The van der Waals surface area contributed by atoms with Crippen LogP contribution in [0.15, 0.2) is 59.1 Å². The van der Waals surface area contributed by atoms with Gasteiger partial charge in [0.2, 0.25) is 11.6 Å². The quantitative estimate of drug-likeness (QED) is 0.514. The Hall–Kier alpha value is -4.07. The van der Waals surface area contributed by atoms with Gasteiger partial charge in [-0.2, -0.15) is 4.98 Å². The summed E-state index contributed by atoms with van der Waals surface area (Å²) in [6, 6.07) is 13.9. The van der Waals surface area contributed by atoms with Crippen molar-refractivity contribution in [3.63, 3.8) is 0 Å². The number of methoxy groups -OCH3 is 3. The molecule has 2 heterocycles. The molecule has 0 spiro atoms. The van der Waals surface area contributed by atoms with Gasteiger partial charge in [-0.3, -0.25) is 4.79 Å². The maximum Gasteiger partial charge on any atom is 0.255 e. The minimum absolute atomic E-state index is 0.305. The lowest BCUT2D eigenvalue weighted by Gasteiger charge is -2.14. The van der Waals surface area contributed by atoms with E-state index >= 15 is 0 Å². The van der Waals surface area contributed by atoms with Crippen LogP contribution in [0.4, 0.5) is 5.69 Å². The number of hydrogen-bond acceptors (Lipinski definition) is 7. The third kappa shape index (κ3) is 3.62. The molecule has 0 radical (unpaired) electrons. The predicted molar refractivity (Wildman–Crippen MR) is 111 cm³/mol. The van der Waals surface area contributed by atoms with Gasteiger partial charge in [-0.1, -0.05) is 6.07 Å². The zero-order chi connectivity index (χ0) is 21.1. The van der Waals surface area contributed by atoms with Crippen LogP contribution in [0.3, 0.4) is 0 Å². The van der Waals surface area contributed by atoms with Crippen LogP contribution in [0.5, 0.6) is 17.2 Å². The Labute approximate surface area is 172 Å². The summed E-state index contributed by atoms with van der Waals surface area (Å²) in [4.78, 5) is 21.4. The summed E-state index contributed by atoms with van der Waals surface area (Å²) in [5, 5.41) is 2.85. The summed E-state index contributed by atoms with van der Waals surface area (Å²) in [5.41, 5.74) is 2.72. The van der Waals surface area contributed by atoms with Crippen LogP contribution < -0.4 is 19.5 Å². The van der Waals surface area contributed by atoms with Gasteiger partial charge in [0.1, 0.15) is 0 Å². The monoisotopic (exact) mass is 405 g/mol. The highest BCUT2D eigenvalue weighted by Crippen LogP contribution is 2.40. The molecule has 0 bridgehead atoms. The molecule has 1 amide bonds. The second kappa shape index (κ2) is 8.12. The lowest BCUT2D eigenvalue weighted by molar-refractivity contribution is 0.102. The number of carbonyl (C=O) groups excluding carboxylic acids is 1. The number of rotatable bonds is 6. The molecule has 8 nitrogen and oxygen atoms in total. The van der Waals surface area contributed by atoms with E-state index in [-0.39, 0.29) is 5.91 Å². The molecule has 8 heteroatoms. The van der Waals surface area contributed by atoms with Crippen LogP contribution >= 0.6 is 0 Å². The average molecular weight is 405 g/mol. The molecule has 0 unspecified atom stereocenters. The lowest BCUT2D eigenvalue weighted by Crippen LogP contribution is -2.12. The van der Waals surface area contributed by atoms with E-state index in [9.17, 15) is 4.79 Å². The molecule has 0 fully saturated rings. The van der Waals surface area contributed by atoms with Gasteiger partial charge in [0.25, 0.3) is 5.91 Å². The maximum atomic E-state index is 12.8. The third-order valence-electron chi connectivity index (χ3n) is 4.46. The number of fused-ring (bicyclic) bond motifs is 1. The third-order valence-corrected chi connectivity index (χ3v) is 4.46. The van der Waals surface area contributed by atoms with Gasteiger partial charge in [-0.25, -0.2) is 4.98 Å². The van der Waals surface area contributed by atoms with Gasteiger partial charge in [0.05, 0.1) is 21.3 Å². The highest BCUT2D eigenvalue weighted by atomic mass is 16.5. The van der Waals surface area contributed by atoms with Crippen molar-refractivity contribution in [3.05, 3.63) is 60.3 Å². The van der Waals surface area contributed by atoms with Crippen molar-refractivity contribution in [3.8, 4) is 28.7 Å². The second-order valence-corrected chi connectivity index (χ2v) is 6.29. The van der Waals surface area contributed by atoms with Gasteiger partial charge in [0, 0.05) is 35.1 Å². The Morgan fingerprint density at radius 1 is 0.967 bits per heavy atom. The van der Waals surface area contributed by atoms with Crippen LogP contribution in [0.1, 0.15) is 10.4 Å². The Kier molecular flexibility index (Phi) is 5.21. The summed E-state index contributed by atoms with van der Waals surface area (Å²) in [7, 11) is 4.55. The van der Waals surface area contributed by atoms with Crippen molar-refractivity contribution >= 4 is 22.8 Å². The fraction of sp³-hybridized carbons (Fsp3) is 0.136. The Balaban J connectivity index is 1.62. The molecule has 0 aliphatic heterocycles. The number of ether oxygens (including phenoxy) is 3. The topological polar surface area (TPSA) is 95.7 Å². The molecule has 0 aliphatic rings. The standard InChI is InChI=1S/C22H19N3O5/c1-27-17-11-15(12-18(28-2)19(17)29-3)24-21(26)13-6-4-7-14(10-13)22-25-20-16(30-22)8-5-9-23-20/h4-12H,1-3H3,(H,24,26). The summed E-state index contributed by atoms with van der Waals surface area (Å²) in [6.45, 7) is 0. The number of nitrogens with zero attached hydrogens (tertiary/aromatic N) is 2. The van der Waals surface area contributed by atoms with Crippen LogP contribution in [0.25, 0.3) is 22.7 Å². The minimum atomic E-state index is -0.305. The van der Waals surface area contributed by atoms with E-state index in [2.05, 4.69) is 15.3 Å². The van der Waals surface area contributed by atoms with E-state index in [0.29, 0.717) is 51.2 Å². The highest BCUT2D eigenvalue weighted by molar-refractivity contribution is 6.05. The number of pyridine rings is 1. The summed E-state index contributed by atoms with van der Waals surface area (Å²) >= 11 is 0. The molecule has 0 saturated carbocycles. The van der Waals surface area contributed by atoms with Gasteiger partial charge in [-0.15, -0.1) is 0 Å². The van der Waals surface area contributed by atoms with Crippen LogP contribution in [-0.4, -0.2) is 37.2 Å². The first-order valence-corrected chi connectivity index (χ1v) is 9.06. The first-order valence-electron chi connectivity index (χ1n) is 9.06. The first kappa shape index (κ1) is 19.3. The smallest absolute Gasteiger partial charge is 0.255 e. The molecular formula is C22H19N3O5. The summed E-state index contributed by atoms with van der Waals surface area (Å²) in [5.74, 6) is 1.43. The normalized spacial score (nSPS) is 10.6. The number of hydrogen-bond donors (Lipinski definition) is 1. The largest absolute Gasteiger partial charge is 0.493 e. The number of oxazole rings is 1. The molecule has 30 heavy (non-hydrogen) atoms. The molecule has 2 aromatic heterocycles. The molecule has 152 valence electrons. The number of benzene rings is 2. The zero-order valence-corrected chi connectivity index (χ0v) is 16.6. The summed E-state index contributed by atoms with van der Waals surface area (Å²) < 4.78 is 21.7.